The van der Waals surface area contributed by atoms with Crippen molar-refractivity contribution in [3.8, 4) is 0 Å². The van der Waals surface area contributed by atoms with Gasteiger partial charge in [0.05, 0.1) is 4.90 Å². The van der Waals surface area contributed by atoms with Gasteiger partial charge in [-0.25, -0.2) is 12.8 Å². The second-order valence-electron chi connectivity index (χ2n) is 6.39. The molecule has 2 atom stereocenters. The fourth-order valence-corrected chi connectivity index (χ4v) is 4.64. The molecule has 0 aliphatic carbocycles. The summed E-state index contributed by atoms with van der Waals surface area (Å²) in [5.74, 6) is 0. The van der Waals surface area contributed by atoms with Gasteiger partial charge in [-0.2, -0.15) is 4.31 Å². The van der Waals surface area contributed by atoms with Gasteiger partial charge >= 0.3 is 0 Å². The summed E-state index contributed by atoms with van der Waals surface area (Å²) in [5, 5.41) is 0. The molecule has 0 unspecified atom stereocenters. The lowest BCUT2D eigenvalue weighted by Gasteiger charge is -2.34. The van der Waals surface area contributed by atoms with Crippen LogP contribution in [0.2, 0.25) is 0 Å². The maximum atomic E-state index is 13.9. The molecule has 132 valence electrons. The zero-order chi connectivity index (χ0) is 17.9. The first kappa shape index (κ1) is 17.8. The van der Waals surface area contributed by atoms with E-state index in [-0.39, 0.29) is 24.3 Å². The van der Waals surface area contributed by atoms with Gasteiger partial charge in [-0.15, -0.1) is 0 Å². The van der Waals surface area contributed by atoms with Crippen LogP contribution in [0, 0.1) is 6.92 Å². The molecule has 1 aliphatic heterocycles. The molecule has 2 aromatic rings. The second kappa shape index (κ2) is 7.50. The third-order valence-electron chi connectivity index (χ3n) is 4.47. The highest BCUT2D eigenvalue weighted by atomic mass is 32.2. The van der Waals surface area contributed by atoms with E-state index in [0.717, 1.165) is 11.1 Å². The van der Waals surface area contributed by atoms with E-state index in [9.17, 15) is 12.8 Å². The molecular weight excluding hydrogens is 337 g/mol. The number of benzene rings is 2. The molecule has 5 heteroatoms. The Labute approximate surface area is 148 Å². The molecule has 3 rings (SSSR count). The van der Waals surface area contributed by atoms with Crippen LogP contribution in [0.25, 0.3) is 6.08 Å². The molecular formula is C20H22FNO2S. The molecule has 0 N–H and O–H groups in total. The molecule has 0 bridgehead atoms. The summed E-state index contributed by atoms with van der Waals surface area (Å²) in [7, 11) is -3.64. The van der Waals surface area contributed by atoms with Crippen LogP contribution in [0.5, 0.6) is 0 Å². The lowest BCUT2D eigenvalue weighted by molar-refractivity contribution is 0.179. The van der Waals surface area contributed by atoms with Crippen LogP contribution in [-0.4, -0.2) is 31.5 Å². The first-order valence-electron chi connectivity index (χ1n) is 8.42. The average molecular weight is 359 g/mol. The van der Waals surface area contributed by atoms with Crippen LogP contribution in [0.15, 0.2) is 65.6 Å². The van der Waals surface area contributed by atoms with Crippen molar-refractivity contribution in [1.29, 1.82) is 0 Å². The molecule has 3 nitrogen and oxygen atoms in total. The fourth-order valence-electron chi connectivity index (χ4n) is 3.04. The van der Waals surface area contributed by atoms with Crippen molar-refractivity contribution in [3.05, 3.63) is 71.8 Å². The van der Waals surface area contributed by atoms with Gasteiger partial charge in [-0.1, -0.05) is 60.2 Å². The first-order valence-corrected chi connectivity index (χ1v) is 9.86. The third kappa shape index (κ3) is 4.17. The van der Waals surface area contributed by atoms with Crippen LogP contribution in [0.4, 0.5) is 4.39 Å². The van der Waals surface area contributed by atoms with Gasteiger partial charge in [0, 0.05) is 12.6 Å². The number of hydrogen-bond donors (Lipinski definition) is 0. The molecule has 1 aliphatic rings. The normalized spacial score (nSPS) is 22.3. The smallest absolute Gasteiger partial charge is 0.243 e. The maximum Gasteiger partial charge on any atom is 0.243 e. The van der Waals surface area contributed by atoms with Gasteiger partial charge in [-0.05, 0) is 37.5 Å². The number of aryl methyl sites for hydroxylation is 1. The number of nitrogens with zero attached hydrogens (tertiary/aromatic N) is 1. The van der Waals surface area contributed by atoms with Crippen LogP contribution >= 0.6 is 0 Å². The number of hydrogen-bond acceptors (Lipinski definition) is 2. The van der Waals surface area contributed by atoms with Crippen molar-refractivity contribution in [2.75, 3.05) is 6.54 Å². The Kier molecular flexibility index (Phi) is 5.35. The molecule has 1 heterocycles. The molecule has 1 saturated heterocycles. The highest BCUT2D eigenvalue weighted by Gasteiger charge is 2.35. The van der Waals surface area contributed by atoms with E-state index in [1.54, 1.807) is 30.3 Å². The summed E-state index contributed by atoms with van der Waals surface area (Å²) >= 11 is 0. The Hall–Kier alpha value is -1.98. The standard InChI is InChI=1S/C20H22FNO2S/c1-16-7-11-20(12-8-16)25(23,24)22-14-13-18(21)15-19(22)10-9-17-5-3-2-4-6-17/h2-12,18-19H,13-15H2,1H3/b10-9+/t18-,19-/m0/s1. The average Bonchev–Trinajstić information content (AvgIpc) is 2.61. The summed E-state index contributed by atoms with van der Waals surface area (Å²) in [5.41, 5.74) is 1.97. The predicted molar refractivity (Wildman–Crippen MR) is 98.5 cm³/mol. The van der Waals surface area contributed by atoms with Crippen molar-refractivity contribution in [2.24, 2.45) is 0 Å². The van der Waals surface area contributed by atoms with E-state index in [4.69, 9.17) is 0 Å². The quantitative estimate of drug-likeness (QED) is 0.820. The lowest BCUT2D eigenvalue weighted by atomic mass is 10.0. The minimum Gasteiger partial charge on any atom is -0.247 e. The molecule has 0 amide bonds. The number of alkyl halides is 1. The second-order valence-corrected chi connectivity index (χ2v) is 8.28. The van der Waals surface area contributed by atoms with Crippen molar-refractivity contribution < 1.29 is 12.8 Å². The fraction of sp³-hybridized carbons (Fsp3) is 0.300. The van der Waals surface area contributed by atoms with E-state index >= 15 is 0 Å². The van der Waals surface area contributed by atoms with Gasteiger partial charge < -0.3 is 0 Å². The van der Waals surface area contributed by atoms with Crippen molar-refractivity contribution in [3.63, 3.8) is 0 Å². The topological polar surface area (TPSA) is 37.4 Å². The highest BCUT2D eigenvalue weighted by molar-refractivity contribution is 7.89. The van der Waals surface area contributed by atoms with Crippen molar-refractivity contribution in [1.82, 2.24) is 4.31 Å². The molecule has 0 saturated carbocycles. The Bertz CT molecular complexity index is 832. The Morgan fingerprint density at radius 2 is 1.76 bits per heavy atom. The number of rotatable bonds is 4. The summed E-state index contributed by atoms with van der Waals surface area (Å²) in [6, 6.07) is 15.9. The molecule has 25 heavy (non-hydrogen) atoms. The van der Waals surface area contributed by atoms with Gasteiger partial charge in [-0.3, -0.25) is 0 Å². The monoisotopic (exact) mass is 359 g/mol. The first-order chi connectivity index (χ1) is 12.0. The Morgan fingerprint density at radius 1 is 1.08 bits per heavy atom. The van der Waals surface area contributed by atoms with Gasteiger partial charge in [0.25, 0.3) is 0 Å². The van der Waals surface area contributed by atoms with Crippen molar-refractivity contribution in [2.45, 2.75) is 36.9 Å². The summed E-state index contributed by atoms with van der Waals surface area (Å²) in [6.45, 7) is 2.11. The lowest BCUT2D eigenvalue weighted by Crippen LogP contribution is -2.45. The molecule has 0 aromatic heterocycles. The zero-order valence-corrected chi connectivity index (χ0v) is 15.0. The van der Waals surface area contributed by atoms with E-state index in [2.05, 4.69) is 0 Å². The summed E-state index contributed by atoms with van der Waals surface area (Å²) in [6.07, 6.45) is 3.11. The van der Waals surface area contributed by atoms with E-state index in [0.29, 0.717) is 0 Å². The number of piperidine rings is 1. The number of sulfonamides is 1. The minimum atomic E-state index is -3.64. The zero-order valence-electron chi connectivity index (χ0n) is 14.2. The van der Waals surface area contributed by atoms with Crippen molar-refractivity contribution >= 4 is 16.1 Å². The molecule has 1 fully saturated rings. The maximum absolute atomic E-state index is 13.9. The highest BCUT2D eigenvalue weighted by Crippen LogP contribution is 2.28. The summed E-state index contributed by atoms with van der Waals surface area (Å²) in [4.78, 5) is 0.258. The molecule has 0 spiro atoms. The van der Waals surface area contributed by atoms with Crippen LogP contribution in [0.3, 0.4) is 0 Å². The van der Waals surface area contributed by atoms with Gasteiger partial charge in [0.2, 0.25) is 10.0 Å². The van der Waals surface area contributed by atoms with Gasteiger partial charge in [0.15, 0.2) is 0 Å². The Morgan fingerprint density at radius 3 is 2.44 bits per heavy atom. The van der Waals surface area contributed by atoms with E-state index < -0.39 is 22.2 Å². The molecule has 0 radical (unpaired) electrons. The van der Waals surface area contributed by atoms with E-state index in [1.165, 1.54) is 4.31 Å². The third-order valence-corrected chi connectivity index (χ3v) is 6.41. The molecule has 2 aromatic carbocycles. The summed E-state index contributed by atoms with van der Waals surface area (Å²) < 4.78 is 41.3. The van der Waals surface area contributed by atoms with Crippen LogP contribution in [-0.2, 0) is 10.0 Å². The van der Waals surface area contributed by atoms with Crippen LogP contribution < -0.4 is 0 Å². The van der Waals surface area contributed by atoms with Gasteiger partial charge in [0.1, 0.15) is 6.17 Å². The number of halogens is 1. The largest absolute Gasteiger partial charge is 0.247 e. The Balaban J connectivity index is 1.89. The predicted octanol–water partition coefficient (Wildman–Crippen LogP) is 4.20. The van der Waals surface area contributed by atoms with Crippen LogP contribution in [0.1, 0.15) is 24.0 Å². The SMILES string of the molecule is Cc1ccc(S(=O)(=O)N2CC[C@H](F)C[C@@H]2/C=C/c2ccccc2)cc1. The minimum absolute atomic E-state index is 0.189. The van der Waals surface area contributed by atoms with E-state index in [1.807, 2.05) is 43.3 Å².